The third-order valence-electron chi connectivity index (χ3n) is 5.30. The van der Waals surface area contributed by atoms with Gasteiger partial charge in [0, 0.05) is 54.4 Å². The Morgan fingerprint density at radius 3 is 2.59 bits per heavy atom. The number of nitrogens with one attached hydrogen (secondary N) is 1. The topological polar surface area (TPSA) is 80.2 Å². The number of hydrogen-bond acceptors (Lipinski definition) is 6. The van der Waals surface area contributed by atoms with Crippen LogP contribution in [0.25, 0.3) is 11.1 Å². The fourth-order valence-electron chi connectivity index (χ4n) is 3.73. The molecule has 1 fully saturated rings. The van der Waals surface area contributed by atoms with Gasteiger partial charge in [-0.2, -0.15) is 0 Å². The molecule has 7 nitrogen and oxygen atoms in total. The first kappa shape index (κ1) is 23.0. The Bertz CT molecular complexity index is 1190. The summed E-state index contributed by atoms with van der Waals surface area (Å²) in [6.07, 6.45) is 8.87. The van der Waals surface area contributed by atoms with Gasteiger partial charge in [-0.3, -0.25) is 4.79 Å². The quantitative estimate of drug-likeness (QED) is 0.555. The second-order valence-electron chi connectivity index (χ2n) is 7.70. The van der Waals surface area contributed by atoms with E-state index in [9.17, 15) is 18.0 Å². The zero-order chi connectivity index (χ0) is 24.1. The highest BCUT2D eigenvalue weighted by atomic mass is 19.4. The van der Waals surface area contributed by atoms with E-state index in [-0.39, 0.29) is 17.2 Å². The molecule has 1 N–H and O–H groups in total. The lowest BCUT2D eigenvalue weighted by molar-refractivity contribution is -0.274. The van der Waals surface area contributed by atoms with Gasteiger partial charge in [0.1, 0.15) is 17.9 Å². The third kappa shape index (κ3) is 5.61. The number of aromatic nitrogens is 3. The molecule has 1 aromatic carbocycles. The van der Waals surface area contributed by atoms with Gasteiger partial charge in [-0.25, -0.2) is 15.0 Å². The molecular weight excluding hydrogens is 447 g/mol. The fourth-order valence-corrected chi connectivity index (χ4v) is 3.73. The Morgan fingerprint density at radius 2 is 1.91 bits per heavy atom. The van der Waals surface area contributed by atoms with Crippen molar-refractivity contribution in [1.82, 2.24) is 15.0 Å². The van der Waals surface area contributed by atoms with E-state index in [1.54, 1.807) is 18.5 Å². The van der Waals surface area contributed by atoms with Crippen molar-refractivity contribution in [2.75, 3.05) is 23.3 Å². The van der Waals surface area contributed by atoms with Gasteiger partial charge in [-0.05, 0) is 43.2 Å². The number of carbonyl (C=O) groups excluding carboxylic acids is 1. The van der Waals surface area contributed by atoms with Gasteiger partial charge in [-0.15, -0.1) is 25.5 Å². The fraction of sp³-hybridized carbons (Fsp3) is 0.250. The summed E-state index contributed by atoms with van der Waals surface area (Å²) in [6, 6.07) is 6.57. The molecule has 1 saturated heterocycles. The van der Waals surface area contributed by atoms with Crippen LogP contribution >= 0.6 is 0 Å². The van der Waals surface area contributed by atoms with E-state index in [4.69, 9.17) is 6.42 Å². The molecule has 3 aromatic rings. The average Bonchev–Trinajstić information content (AvgIpc) is 2.84. The summed E-state index contributed by atoms with van der Waals surface area (Å²) in [5.41, 5.74) is 1.95. The van der Waals surface area contributed by atoms with Crippen molar-refractivity contribution < 1.29 is 22.7 Å². The van der Waals surface area contributed by atoms with Crippen molar-refractivity contribution in [2.24, 2.45) is 5.92 Å². The van der Waals surface area contributed by atoms with Crippen LogP contribution in [0, 0.1) is 18.3 Å². The summed E-state index contributed by atoms with van der Waals surface area (Å²) in [5, 5.41) is 2.66. The zero-order valence-electron chi connectivity index (χ0n) is 17.9. The maximum absolute atomic E-state index is 12.9. The number of rotatable bonds is 5. The summed E-state index contributed by atoms with van der Waals surface area (Å²) < 4.78 is 40.9. The second-order valence-corrected chi connectivity index (χ2v) is 7.70. The minimum Gasteiger partial charge on any atom is -0.406 e. The smallest absolute Gasteiger partial charge is 0.406 e. The van der Waals surface area contributed by atoms with E-state index in [0.29, 0.717) is 29.2 Å². The molecule has 1 amide bonds. The normalized spacial score (nSPS) is 15.9. The molecule has 3 heterocycles. The zero-order valence-corrected chi connectivity index (χ0v) is 17.9. The summed E-state index contributed by atoms with van der Waals surface area (Å²) in [6.45, 7) is 1.44. The Kier molecular flexibility index (Phi) is 6.63. The lowest BCUT2D eigenvalue weighted by Gasteiger charge is -2.32. The van der Waals surface area contributed by atoms with Crippen LogP contribution in [0.5, 0.6) is 5.75 Å². The van der Waals surface area contributed by atoms with Crippen molar-refractivity contribution in [3.05, 3.63) is 60.8 Å². The molecule has 1 atom stereocenters. The molecule has 2 aromatic heterocycles. The van der Waals surface area contributed by atoms with E-state index < -0.39 is 12.3 Å². The Labute approximate surface area is 194 Å². The number of anilines is 2. The number of amides is 1. The van der Waals surface area contributed by atoms with Crippen molar-refractivity contribution in [3.8, 4) is 29.2 Å². The molecule has 1 aliphatic rings. The first-order valence-corrected chi connectivity index (χ1v) is 10.5. The van der Waals surface area contributed by atoms with Crippen LogP contribution in [0.3, 0.4) is 0 Å². The Hall–Kier alpha value is -4.13. The lowest BCUT2D eigenvalue weighted by Crippen LogP contribution is -2.35. The first-order chi connectivity index (χ1) is 16.3. The van der Waals surface area contributed by atoms with Crippen LogP contribution in [-0.4, -0.2) is 40.3 Å². The molecule has 0 spiro atoms. The number of halogens is 3. The Balaban J connectivity index is 1.59. The van der Waals surface area contributed by atoms with Crippen LogP contribution in [0.4, 0.5) is 24.7 Å². The number of nitrogens with zero attached hydrogens (tertiary/aromatic N) is 4. The molecule has 0 aliphatic carbocycles. The summed E-state index contributed by atoms with van der Waals surface area (Å²) in [7, 11) is 0. The van der Waals surface area contributed by atoms with Crippen LogP contribution in [0.1, 0.15) is 23.2 Å². The van der Waals surface area contributed by atoms with E-state index >= 15 is 0 Å². The highest BCUT2D eigenvalue weighted by Gasteiger charge is 2.31. The van der Waals surface area contributed by atoms with Crippen LogP contribution < -0.4 is 15.0 Å². The van der Waals surface area contributed by atoms with Crippen molar-refractivity contribution >= 4 is 17.4 Å². The van der Waals surface area contributed by atoms with E-state index in [0.717, 1.165) is 31.5 Å². The molecule has 1 aliphatic heterocycles. The average molecular weight is 467 g/mol. The molecule has 0 saturated carbocycles. The number of terminal acetylenes is 1. The second kappa shape index (κ2) is 9.79. The van der Waals surface area contributed by atoms with Crippen molar-refractivity contribution in [3.63, 3.8) is 0 Å². The monoisotopic (exact) mass is 467 g/mol. The molecule has 34 heavy (non-hydrogen) atoms. The number of ether oxygens (including phenoxy) is 1. The summed E-state index contributed by atoms with van der Waals surface area (Å²) >= 11 is 0. The van der Waals surface area contributed by atoms with Gasteiger partial charge in [0.25, 0.3) is 5.91 Å². The maximum Gasteiger partial charge on any atom is 0.573 e. The van der Waals surface area contributed by atoms with Crippen LogP contribution in [-0.2, 0) is 0 Å². The summed E-state index contributed by atoms with van der Waals surface area (Å²) in [4.78, 5) is 27.7. The molecule has 0 radical (unpaired) electrons. The molecule has 10 heteroatoms. The maximum atomic E-state index is 12.9. The minimum atomic E-state index is -4.79. The number of carbonyl (C=O) groups is 1. The Morgan fingerprint density at radius 1 is 1.18 bits per heavy atom. The van der Waals surface area contributed by atoms with Gasteiger partial charge in [-0.1, -0.05) is 0 Å². The highest BCUT2D eigenvalue weighted by Crippen LogP contribution is 2.32. The number of benzene rings is 1. The summed E-state index contributed by atoms with van der Waals surface area (Å²) in [5.74, 6) is 2.75. The van der Waals surface area contributed by atoms with E-state index in [1.807, 2.05) is 0 Å². The molecule has 4 rings (SSSR count). The molecule has 174 valence electrons. The van der Waals surface area contributed by atoms with E-state index in [1.165, 1.54) is 24.7 Å². The van der Waals surface area contributed by atoms with Gasteiger partial charge in [0.2, 0.25) is 0 Å². The number of alkyl halides is 3. The van der Waals surface area contributed by atoms with Gasteiger partial charge in [0.05, 0.1) is 5.56 Å². The third-order valence-corrected chi connectivity index (χ3v) is 5.30. The standard InChI is InChI=1S/C24H20F3N5O2/c1-2-16-4-3-9-32(14-16)22-21(18-11-28-15-29-12-18)10-17(13-30-22)23(33)31-19-5-7-20(8-6-19)34-24(25,26)27/h1,5-8,10-13,15-16H,3-4,9,14H2,(H,31,33)/t16-/m1/s1. The number of pyridine rings is 1. The van der Waals surface area contributed by atoms with Crippen LogP contribution in [0.15, 0.2) is 55.2 Å². The van der Waals surface area contributed by atoms with Gasteiger partial charge >= 0.3 is 6.36 Å². The first-order valence-electron chi connectivity index (χ1n) is 10.5. The van der Waals surface area contributed by atoms with Gasteiger partial charge in [0.15, 0.2) is 0 Å². The molecule has 0 bridgehead atoms. The minimum absolute atomic E-state index is 0.114. The predicted octanol–water partition coefficient (Wildman–Crippen LogP) is 4.54. The van der Waals surface area contributed by atoms with Crippen molar-refractivity contribution in [1.29, 1.82) is 0 Å². The number of hydrogen-bond donors (Lipinski definition) is 1. The highest BCUT2D eigenvalue weighted by molar-refractivity contribution is 6.05. The number of piperidine rings is 1. The van der Waals surface area contributed by atoms with Gasteiger partial charge < -0.3 is 15.0 Å². The molecular formula is C24H20F3N5O2. The van der Waals surface area contributed by atoms with Crippen LogP contribution in [0.2, 0.25) is 0 Å². The van der Waals surface area contributed by atoms with E-state index in [2.05, 4.69) is 35.8 Å². The lowest BCUT2D eigenvalue weighted by atomic mass is 9.98. The van der Waals surface area contributed by atoms with Crippen molar-refractivity contribution in [2.45, 2.75) is 19.2 Å². The largest absolute Gasteiger partial charge is 0.573 e. The predicted molar refractivity (Wildman–Crippen MR) is 120 cm³/mol. The SMILES string of the molecule is C#C[C@@H]1CCCN(c2ncc(C(=O)Nc3ccc(OC(F)(F)F)cc3)cc2-c2cncnc2)C1. The molecule has 0 unspecified atom stereocenters.